The normalized spacial score (nSPS) is 22.8. The lowest BCUT2D eigenvalue weighted by atomic mass is 9.84. The van der Waals surface area contributed by atoms with E-state index in [2.05, 4.69) is 0 Å². The highest BCUT2D eigenvalue weighted by Gasteiger charge is 2.41. The topological polar surface area (TPSA) is 46.3 Å². The Kier molecular flexibility index (Phi) is 5.93. The first-order valence-corrected chi connectivity index (χ1v) is 7.13. The molecule has 4 heteroatoms. The van der Waals surface area contributed by atoms with Crippen molar-refractivity contribution in [1.29, 1.82) is 0 Å². The molecule has 2 fully saturated rings. The lowest BCUT2D eigenvalue weighted by Gasteiger charge is -2.32. The Morgan fingerprint density at radius 1 is 1.22 bits per heavy atom. The van der Waals surface area contributed by atoms with Gasteiger partial charge in [-0.15, -0.1) is 12.4 Å². The number of nitrogens with zero attached hydrogens (tertiary/aromatic N) is 1. The molecule has 2 aliphatic rings. The quantitative estimate of drug-likeness (QED) is 0.856. The minimum absolute atomic E-state index is 0. The fourth-order valence-corrected chi connectivity index (χ4v) is 3.63. The molecule has 2 N–H and O–H groups in total. The molecule has 0 aromatic carbocycles. The van der Waals surface area contributed by atoms with Crippen molar-refractivity contribution in [2.24, 2.45) is 17.1 Å². The molecule has 0 heterocycles. The largest absolute Gasteiger partial charge is 0.345 e. The Morgan fingerprint density at radius 2 is 1.78 bits per heavy atom. The van der Waals surface area contributed by atoms with Crippen LogP contribution in [-0.4, -0.2) is 30.9 Å². The van der Waals surface area contributed by atoms with Crippen LogP contribution < -0.4 is 5.73 Å². The van der Waals surface area contributed by atoms with Gasteiger partial charge in [0.2, 0.25) is 5.91 Å². The Labute approximate surface area is 117 Å². The monoisotopic (exact) mass is 274 g/mol. The van der Waals surface area contributed by atoms with Crippen LogP contribution in [0, 0.1) is 11.3 Å². The maximum absolute atomic E-state index is 12.5. The molecule has 0 aromatic heterocycles. The third kappa shape index (κ3) is 3.18. The molecule has 0 unspecified atom stereocenters. The van der Waals surface area contributed by atoms with Gasteiger partial charge in [-0.3, -0.25) is 4.79 Å². The van der Waals surface area contributed by atoms with Crippen molar-refractivity contribution in [2.45, 2.75) is 51.4 Å². The second-order valence-corrected chi connectivity index (χ2v) is 6.03. The summed E-state index contributed by atoms with van der Waals surface area (Å²) in [6.45, 7) is 1.47. The van der Waals surface area contributed by atoms with Crippen molar-refractivity contribution in [3.63, 3.8) is 0 Å². The maximum atomic E-state index is 12.5. The fraction of sp³-hybridized carbons (Fsp3) is 0.929. The Hall–Kier alpha value is -0.280. The SMILES string of the molecule is CN(CC1CCCC1)C(=O)C1(CN)CCCC1.Cl. The highest BCUT2D eigenvalue weighted by molar-refractivity contribution is 5.85. The van der Waals surface area contributed by atoms with Gasteiger partial charge in [0.05, 0.1) is 5.41 Å². The predicted octanol–water partition coefficient (Wildman–Crippen LogP) is 2.58. The summed E-state index contributed by atoms with van der Waals surface area (Å²) in [6.07, 6.45) is 9.61. The minimum atomic E-state index is -0.215. The van der Waals surface area contributed by atoms with Gasteiger partial charge in [0, 0.05) is 20.1 Å². The zero-order valence-electron chi connectivity index (χ0n) is 11.5. The second kappa shape index (κ2) is 6.76. The van der Waals surface area contributed by atoms with E-state index in [-0.39, 0.29) is 17.8 Å². The van der Waals surface area contributed by atoms with E-state index in [0.717, 1.165) is 25.3 Å². The summed E-state index contributed by atoms with van der Waals surface area (Å²) in [5.74, 6) is 1.05. The molecule has 0 atom stereocenters. The van der Waals surface area contributed by atoms with Crippen molar-refractivity contribution in [2.75, 3.05) is 20.1 Å². The van der Waals surface area contributed by atoms with Gasteiger partial charge in [0.25, 0.3) is 0 Å². The molecule has 3 nitrogen and oxygen atoms in total. The number of carbonyl (C=O) groups excluding carboxylic acids is 1. The molecule has 106 valence electrons. The summed E-state index contributed by atoms with van der Waals surface area (Å²) >= 11 is 0. The number of rotatable bonds is 4. The maximum Gasteiger partial charge on any atom is 0.229 e. The number of hydrogen-bond donors (Lipinski definition) is 1. The first-order chi connectivity index (χ1) is 8.18. The zero-order chi connectivity index (χ0) is 12.3. The van der Waals surface area contributed by atoms with Crippen LogP contribution >= 0.6 is 12.4 Å². The van der Waals surface area contributed by atoms with E-state index < -0.39 is 0 Å². The van der Waals surface area contributed by atoms with E-state index in [0.29, 0.717) is 12.5 Å². The average molecular weight is 275 g/mol. The first-order valence-electron chi connectivity index (χ1n) is 7.13. The summed E-state index contributed by atoms with van der Waals surface area (Å²) < 4.78 is 0. The number of halogens is 1. The summed E-state index contributed by atoms with van der Waals surface area (Å²) in [5.41, 5.74) is 5.65. The third-order valence-corrected chi connectivity index (χ3v) is 4.76. The zero-order valence-corrected chi connectivity index (χ0v) is 12.3. The van der Waals surface area contributed by atoms with E-state index in [4.69, 9.17) is 5.73 Å². The van der Waals surface area contributed by atoms with E-state index in [1.165, 1.54) is 38.5 Å². The van der Waals surface area contributed by atoms with E-state index in [1.807, 2.05) is 11.9 Å². The van der Waals surface area contributed by atoms with E-state index >= 15 is 0 Å². The van der Waals surface area contributed by atoms with Crippen molar-refractivity contribution in [3.05, 3.63) is 0 Å². The smallest absolute Gasteiger partial charge is 0.229 e. The number of carbonyl (C=O) groups is 1. The van der Waals surface area contributed by atoms with Gasteiger partial charge >= 0.3 is 0 Å². The molecule has 2 saturated carbocycles. The lowest BCUT2D eigenvalue weighted by molar-refractivity contribution is -0.140. The second-order valence-electron chi connectivity index (χ2n) is 6.03. The van der Waals surface area contributed by atoms with Gasteiger partial charge in [-0.25, -0.2) is 0 Å². The summed E-state index contributed by atoms with van der Waals surface area (Å²) in [5, 5.41) is 0. The van der Waals surface area contributed by atoms with Gasteiger partial charge in [-0.2, -0.15) is 0 Å². The van der Waals surface area contributed by atoms with Crippen molar-refractivity contribution in [3.8, 4) is 0 Å². The van der Waals surface area contributed by atoms with Crippen molar-refractivity contribution >= 4 is 18.3 Å². The summed E-state index contributed by atoms with van der Waals surface area (Å²) in [6, 6.07) is 0. The molecule has 2 rings (SSSR count). The molecule has 0 radical (unpaired) electrons. The molecule has 0 aromatic rings. The third-order valence-electron chi connectivity index (χ3n) is 4.76. The van der Waals surface area contributed by atoms with E-state index in [1.54, 1.807) is 0 Å². The number of amides is 1. The molecule has 1 amide bonds. The van der Waals surface area contributed by atoms with E-state index in [9.17, 15) is 4.79 Å². The summed E-state index contributed by atoms with van der Waals surface area (Å²) in [4.78, 5) is 14.5. The van der Waals surface area contributed by atoms with Crippen LogP contribution in [0.4, 0.5) is 0 Å². The average Bonchev–Trinajstić information content (AvgIpc) is 2.99. The van der Waals surface area contributed by atoms with Crippen LogP contribution in [-0.2, 0) is 4.79 Å². The van der Waals surface area contributed by atoms with Gasteiger partial charge in [0.15, 0.2) is 0 Å². The predicted molar refractivity (Wildman–Crippen MR) is 76.8 cm³/mol. The van der Waals surface area contributed by atoms with Crippen LogP contribution in [0.5, 0.6) is 0 Å². The highest BCUT2D eigenvalue weighted by Crippen LogP contribution is 2.39. The van der Waals surface area contributed by atoms with Gasteiger partial charge in [-0.1, -0.05) is 25.7 Å². The fourth-order valence-electron chi connectivity index (χ4n) is 3.63. The van der Waals surface area contributed by atoms with Gasteiger partial charge in [0.1, 0.15) is 0 Å². The first kappa shape index (κ1) is 15.8. The molecular weight excluding hydrogens is 248 g/mol. The van der Waals surface area contributed by atoms with Crippen LogP contribution in [0.3, 0.4) is 0 Å². The van der Waals surface area contributed by atoms with Crippen LogP contribution in [0.25, 0.3) is 0 Å². The number of nitrogens with two attached hydrogens (primary N) is 1. The molecule has 0 saturated heterocycles. The number of hydrogen-bond acceptors (Lipinski definition) is 2. The lowest BCUT2D eigenvalue weighted by Crippen LogP contribution is -2.46. The standard InChI is InChI=1S/C14H26N2O.ClH/c1-16(10-12-6-2-3-7-12)13(17)14(11-15)8-4-5-9-14;/h12H,2-11,15H2,1H3;1H. The van der Waals surface area contributed by atoms with Crippen LogP contribution in [0.2, 0.25) is 0 Å². The van der Waals surface area contributed by atoms with Gasteiger partial charge in [-0.05, 0) is 31.6 Å². The molecule has 18 heavy (non-hydrogen) atoms. The minimum Gasteiger partial charge on any atom is -0.345 e. The Balaban J connectivity index is 0.00000162. The van der Waals surface area contributed by atoms with Crippen molar-refractivity contribution in [1.82, 2.24) is 4.90 Å². The Morgan fingerprint density at radius 3 is 2.28 bits per heavy atom. The Bertz CT molecular complexity index is 271. The van der Waals surface area contributed by atoms with Crippen molar-refractivity contribution < 1.29 is 4.79 Å². The molecular formula is C14H27ClN2O. The molecule has 2 aliphatic carbocycles. The van der Waals surface area contributed by atoms with Gasteiger partial charge < -0.3 is 10.6 Å². The molecule has 0 bridgehead atoms. The summed E-state index contributed by atoms with van der Waals surface area (Å²) in [7, 11) is 1.97. The molecule has 0 aliphatic heterocycles. The van der Waals surface area contributed by atoms with Crippen LogP contribution in [0.1, 0.15) is 51.4 Å². The molecule has 0 spiro atoms. The van der Waals surface area contributed by atoms with Crippen LogP contribution in [0.15, 0.2) is 0 Å². The highest BCUT2D eigenvalue weighted by atomic mass is 35.5.